The number of aliphatic hydroxyl groups is 1. The van der Waals surface area contributed by atoms with Gasteiger partial charge in [0.15, 0.2) is 0 Å². The second-order valence-electron chi connectivity index (χ2n) is 5.37. The summed E-state index contributed by atoms with van der Waals surface area (Å²) < 4.78 is 5.36. The number of aryl methyl sites for hydroxylation is 1. The number of para-hydroxylation sites is 1. The topological polar surface area (TPSA) is 78.5 Å². The van der Waals surface area contributed by atoms with Crippen molar-refractivity contribution in [2.45, 2.75) is 19.5 Å². The first-order valence-electron chi connectivity index (χ1n) is 7.10. The van der Waals surface area contributed by atoms with Gasteiger partial charge in [0, 0.05) is 6.54 Å². The van der Waals surface area contributed by atoms with Crippen LogP contribution in [0.2, 0.25) is 0 Å². The van der Waals surface area contributed by atoms with Gasteiger partial charge in [0.2, 0.25) is 0 Å². The largest absolute Gasteiger partial charge is 0.395 e. The van der Waals surface area contributed by atoms with Gasteiger partial charge in [-0.25, -0.2) is 4.98 Å². The summed E-state index contributed by atoms with van der Waals surface area (Å²) >= 11 is 0. The van der Waals surface area contributed by atoms with Crippen molar-refractivity contribution in [3.63, 3.8) is 0 Å². The number of aromatic amines is 1. The number of benzene rings is 1. The number of fused-ring (bicyclic) bond motifs is 1. The fourth-order valence-electron chi connectivity index (χ4n) is 2.68. The van der Waals surface area contributed by atoms with Crippen LogP contribution in [0, 0.1) is 6.92 Å². The van der Waals surface area contributed by atoms with Crippen LogP contribution in [0.1, 0.15) is 11.4 Å². The molecule has 3 rings (SSSR count). The van der Waals surface area contributed by atoms with Crippen LogP contribution in [0.3, 0.4) is 0 Å². The zero-order valence-electron chi connectivity index (χ0n) is 12.0. The highest BCUT2D eigenvalue weighted by atomic mass is 16.5. The van der Waals surface area contributed by atoms with Crippen LogP contribution in [0.25, 0.3) is 10.9 Å². The molecule has 0 radical (unpaired) electrons. The highest BCUT2D eigenvalue weighted by Crippen LogP contribution is 2.14. The third-order valence-electron chi connectivity index (χ3n) is 3.90. The fraction of sp³-hybridized carbons (Fsp3) is 0.467. The van der Waals surface area contributed by atoms with E-state index in [1.54, 1.807) is 6.07 Å². The molecule has 6 heteroatoms. The van der Waals surface area contributed by atoms with Crippen molar-refractivity contribution in [2.24, 2.45) is 0 Å². The lowest BCUT2D eigenvalue weighted by Gasteiger charge is -2.33. The molecule has 0 amide bonds. The van der Waals surface area contributed by atoms with E-state index >= 15 is 0 Å². The normalized spacial score (nSPS) is 20.0. The number of aromatic nitrogens is 2. The molecule has 112 valence electrons. The Balaban J connectivity index is 1.94. The van der Waals surface area contributed by atoms with E-state index in [9.17, 15) is 9.90 Å². The summed E-state index contributed by atoms with van der Waals surface area (Å²) in [5.41, 5.74) is 1.61. The molecule has 2 N–H and O–H groups in total. The van der Waals surface area contributed by atoms with Crippen molar-refractivity contribution < 1.29 is 9.84 Å². The van der Waals surface area contributed by atoms with E-state index in [-0.39, 0.29) is 18.2 Å². The summed E-state index contributed by atoms with van der Waals surface area (Å²) in [6.07, 6.45) is 0. The highest BCUT2D eigenvalue weighted by molar-refractivity contribution is 5.80. The Bertz CT molecular complexity index is 698. The molecule has 0 spiro atoms. The Labute approximate surface area is 122 Å². The van der Waals surface area contributed by atoms with Crippen LogP contribution in [0.15, 0.2) is 23.0 Å². The number of ether oxygens (including phenoxy) is 1. The van der Waals surface area contributed by atoms with Gasteiger partial charge in [0.05, 0.1) is 43.3 Å². The standard InChI is InChI=1S/C15H19N3O3/c1-10-3-2-4-12-14(10)16-13(17-15(12)20)7-18-5-6-21-9-11(18)8-19/h2-4,11,19H,5-9H2,1H3,(H,16,17,20). The lowest BCUT2D eigenvalue weighted by Crippen LogP contribution is -2.47. The number of nitrogens with one attached hydrogen (secondary N) is 1. The Morgan fingerprint density at radius 2 is 2.38 bits per heavy atom. The van der Waals surface area contributed by atoms with Crippen molar-refractivity contribution in [3.8, 4) is 0 Å². The highest BCUT2D eigenvalue weighted by Gasteiger charge is 2.23. The number of rotatable bonds is 3. The molecule has 1 unspecified atom stereocenters. The van der Waals surface area contributed by atoms with Gasteiger partial charge in [-0.2, -0.15) is 0 Å². The monoisotopic (exact) mass is 289 g/mol. The van der Waals surface area contributed by atoms with Crippen LogP contribution >= 0.6 is 0 Å². The lowest BCUT2D eigenvalue weighted by atomic mass is 10.1. The number of morpholine rings is 1. The fourth-order valence-corrected chi connectivity index (χ4v) is 2.68. The number of hydrogen-bond donors (Lipinski definition) is 2. The Hall–Kier alpha value is -1.76. The van der Waals surface area contributed by atoms with Gasteiger partial charge in [0.1, 0.15) is 5.82 Å². The minimum atomic E-state index is -0.118. The predicted molar refractivity (Wildman–Crippen MR) is 79.2 cm³/mol. The van der Waals surface area contributed by atoms with Gasteiger partial charge >= 0.3 is 0 Å². The van der Waals surface area contributed by atoms with E-state index in [4.69, 9.17) is 4.74 Å². The molecule has 1 atom stereocenters. The molecule has 2 aromatic rings. The third-order valence-corrected chi connectivity index (χ3v) is 3.90. The summed E-state index contributed by atoms with van der Waals surface area (Å²) in [6, 6.07) is 5.54. The minimum absolute atomic E-state index is 0.0385. The SMILES string of the molecule is Cc1cccc2c(=O)[nH]c(CN3CCOCC3CO)nc12. The molecule has 1 aromatic heterocycles. The molecule has 6 nitrogen and oxygen atoms in total. The average Bonchev–Trinajstić information content (AvgIpc) is 2.49. The summed E-state index contributed by atoms with van der Waals surface area (Å²) in [4.78, 5) is 21.7. The van der Waals surface area contributed by atoms with E-state index in [1.807, 2.05) is 19.1 Å². The molecular weight excluding hydrogens is 270 g/mol. The number of aliphatic hydroxyl groups excluding tert-OH is 1. The third kappa shape index (κ3) is 2.83. The smallest absolute Gasteiger partial charge is 0.258 e. The van der Waals surface area contributed by atoms with Crippen molar-refractivity contribution in [1.29, 1.82) is 0 Å². The first-order chi connectivity index (χ1) is 10.2. The molecule has 1 saturated heterocycles. The zero-order chi connectivity index (χ0) is 14.8. The first-order valence-corrected chi connectivity index (χ1v) is 7.10. The van der Waals surface area contributed by atoms with Crippen LogP contribution in [-0.2, 0) is 11.3 Å². The molecule has 0 bridgehead atoms. The summed E-state index contributed by atoms with van der Waals surface area (Å²) in [7, 11) is 0. The minimum Gasteiger partial charge on any atom is -0.395 e. The van der Waals surface area contributed by atoms with E-state index in [0.29, 0.717) is 31.0 Å². The van der Waals surface area contributed by atoms with Crippen molar-refractivity contribution >= 4 is 10.9 Å². The van der Waals surface area contributed by atoms with Crippen molar-refractivity contribution in [1.82, 2.24) is 14.9 Å². The van der Waals surface area contributed by atoms with Gasteiger partial charge in [-0.05, 0) is 18.6 Å². The van der Waals surface area contributed by atoms with Crippen molar-refractivity contribution in [2.75, 3.05) is 26.4 Å². The number of H-pyrrole nitrogens is 1. The van der Waals surface area contributed by atoms with Crippen molar-refractivity contribution in [3.05, 3.63) is 39.9 Å². The molecule has 1 fully saturated rings. The average molecular weight is 289 g/mol. The summed E-state index contributed by atoms with van der Waals surface area (Å²) in [6.45, 7) is 4.36. The first kappa shape index (κ1) is 14.2. The van der Waals surface area contributed by atoms with Gasteiger partial charge in [-0.15, -0.1) is 0 Å². The summed E-state index contributed by atoms with van der Waals surface area (Å²) in [5, 5.41) is 10.0. The molecule has 0 aliphatic carbocycles. The second-order valence-corrected chi connectivity index (χ2v) is 5.37. The van der Waals surface area contributed by atoms with Gasteiger partial charge < -0.3 is 14.8 Å². The van der Waals surface area contributed by atoms with E-state index in [1.165, 1.54) is 0 Å². The van der Waals surface area contributed by atoms with Crippen LogP contribution in [0.5, 0.6) is 0 Å². The molecule has 0 saturated carbocycles. The number of nitrogens with zero attached hydrogens (tertiary/aromatic N) is 2. The van der Waals surface area contributed by atoms with Gasteiger partial charge in [-0.1, -0.05) is 12.1 Å². The van der Waals surface area contributed by atoms with E-state index in [2.05, 4.69) is 14.9 Å². The zero-order valence-corrected chi connectivity index (χ0v) is 12.0. The Kier molecular flexibility index (Phi) is 4.01. The molecule has 2 heterocycles. The van der Waals surface area contributed by atoms with Gasteiger partial charge in [-0.3, -0.25) is 9.69 Å². The maximum atomic E-state index is 12.2. The Morgan fingerprint density at radius 3 is 3.19 bits per heavy atom. The van der Waals surface area contributed by atoms with E-state index in [0.717, 1.165) is 17.6 Å². The van der Waals surface area contributed by atoms with Crippen LogP contribution in [0.4, 0.5) is 0 Å². The molecule has 21 heavy (non-hydrogen) atoms. The predicted octanol–water partition coefficient (Wildman–Crippen LogP) is 0.425. The maximum Gasteiger partial charge on any atom is 0.258 e. The van der Waals surface area contributed by atoms with E-state index < -0.39 is 0 Å². The molecule has 1 aromatic carbocycles. The second kappa shape index (κ2) is 5.93. The quantitative estimate of drug-likeness (QED) is 0.856. The van der Waals surface area contributed by atoms with Crippen LogP contribution < -0.4 is 5.56 Å². The van der Waals surface area contributed by atoms with Crippen LogP contribution in [-0.4, -0.2) is 52.4 Å². The maximum absolute atomic E-state index is 12.2. The molecule has 1 aliphatic heterocycles. The molecule has 1 aliphatic rings. The number of hydrogen-bond acceptors (Lipinski definition) is 5. The lowest BCUT2D eigenvalue weighted by molar-refractivity contribution is -0.0322. The van der Waals surface area contributed by atoms with Gasteiger partial charge in [0.25, 0.3) is 5.56 Å². The molecular formula is C15H19N3O3. The Morgan fingerprint density at radius 1 is 1.52 bits per heavy atom. The summed E-state index contributed by atoms with van der Waals surface area (Å²) in [5.74, 6) is 0.627.